The lowest BCUT2D eigenvalue weighted by atomic mass is 10.3. The zero-order chi connectivity index (χ0) is 11.4. The van der Waals surface area contributed by atoms with Crippen molar-refractivity contribution in [1.82, 2.24) is 20.2 Å². The Kier molecular flexibility index (Phi) is 3.09. The van der Waals surface area contributed by atoms with E-state index in [0.717, 1.165) is 6.42 Å². The molecular formula is C10H12N4O2. The van der Waals surface area contributed by atoms with E-state index in [9.17, 15) is 9.59 Å². The second-order valence-electron chi connectivity index (χ2n) is 3.52. The number of hydrogen-bond donors (Lipinski definition) is 1. The van der Waals surface area contributed by atoms with Gasteiger partial charge in [0, 0.05) is 25.5 Å². The van der Waals surface area contributed by atoms with Crippen LogP contribution in [0.1, 0.15) is 16.9 Å². The Morgan fingerprint density at radius 3 is 3.06 bits per heavy atom. The Labute approximate surface area is 92.7 Å². The molecule has 2 amide bonds. The van der Waals surface area contributed by atoms with E-state index in [1.54, 1.807) is 0 Å². The fraction of sp³-hybridized carbons (Fsp3) is 0.400. The average Bonchev–Trinajstić information content (AvgIpc) is 2.54. The Hall–Kier alpha value is -1.98. The number of nitrogens with one attached hydrogen (secondary N) is 1. The van der Waals surface area contributed by atoms with Gasteiger partial charge in [0.2, 0.25) is 5.91 Å². The molecule has 0 aromatic carbocycles. The molecule has 0 atom stereocenters. The van der Waals surface area contributed by atoms with Crippen LogP contribution < -0.4 is 5.32 Å². The number of carbonyl (C=O) groups excluding carboxylic acids is 2. The van der Waals surface area contributed by atoms with Crippen molar-refractivity contribution < 1.29 is 9.59 Å². The summed E-state index contributed by atoms with van der Waals surface area (Å²) in [7, 11) is 0. The molecule has 84 valence electrons. The molecule has 1 saturated heterocycles. The molecule has 1 aromatic heterocycles. The first kappa shape index (κ1) is 10.5. The molecule has 1 N–H and O–H groups in total. The van der Waals surface area contributed by atoms with Crippen LogP contribution >= 0.6 is 0 Å². The molecule has 1 aromatic rings. The fourth-order valence-corrected chi connectivity index (χ4v) is 1.55. The molecule has 2 heterocycles. The van der Waals surface area contributed by atoms with Crippen molar-refractivity contribution in [2.24, 2.45) is 0 Å². The van der Waals surface area contributed by atoms with Gasteiger partial charge in [0.1, 0.15) is 5.69 Å². The smallest absolute Gasteiger partial charge is 0.274 e. The van der Waals surface area contributed by atoms with E-state index in [1.165, 1.54) is 23.5 Å². The number of aromatic nitrogens is 2. The summed E-state index contributed by atoms with van der Waals surface area (Å²) in [4.78, 5) is 32.5. The second-order valence-corrected chi connectivity index (χ2v) is 3.52. The van der Waals surface area contributed by atoms with Crippen LogP contribution in [0.25, 0.3) is 0 Å². The molecule has 1 fully saturated rings. The molecule has 1 aliphatic heterocycles. The number of rotatable bonds is 1. The summed E-state index contributed by atoms with van der Waals surface area (Å²) < 4.78 is 0. The Morgan fingerprint density at radius 1 is 1.44 bits per heavy atom. The lowest BCUT2D eigenvalue weighted by molar-refractivity contribution is -0.121. The molecule has 0 bridgehead atoms. The van der Waals surface area contributed by atoms with Gasteiger partial charge in [-0.2, -0.15) is 0 Å². The Morgan fingerprint density at radius 2 is 2.31 bits per heavy atom. The fourth-order valence-electron chi connectivity index (χ4n) is 1.55. The molecular weight excluding hydrogens is 208 g/mol. The third-order valence-corrected chi connectivity index (χ3v) is 2.33. The van der Waals surface area contributed by atoms with Crippen LogP contribution in [-0.2, 0) is 4.79 Å². The van der Waals surface area contributed by atoms with Crippen LogP contribution in [0.4, 0.5) is 0 Å². The van der Waals surface area contributed by atoms with Crippen LogP contribution in [0.3, 0.4) is 0 Å². The van der Waals surface area contributed by atoms with Gasteiger partial charge in [0.15, 0.2) is 0 Å². The zero-order valence-electron chi connectivity index (χ0n) is 8.72. The normalized spacial score (nSPS) is 16.5. The van der Waals surface area contributed by atoms with Gasteiger partial charge in [-0.3, -0.25) is 14.6 Å². The minimum Gasteiger partial charge on any atom is -0.354 e. The molecule has 0 spiro atoms. The maximum absolute atomic E-state index is 11.9. The van der Waals surface area contributed by atoms with Crippen LogP contribution in [0.5, 0.6) is 0 Å². The Balaban J connectivity index is 2.12. The van der Waals surface area contributed by atoms with Crippen molar-refractivity contribution in [2.45, 2.75) is 6.42 Å². The van der Waals surface area contributed by atoms with Crippen molar-refractivity contribution >= 4 is 11.8 Å². The highest BCUT2D eigenvalue weighted by Gasteiger charge is 2.21. The van der Waals surface area contributed by atoms with Gasteiger partial charge in [-0.15, -0.1) is 0 Å². The maximum Gasteiger partial charge on any atom is 0.274 e. The van der Waals surface area contributed by atoms with Gasteiger partial charge in [-0.1, -0.05) is 0 Å². The van der Waals surface area contributed by atoms with E-state index in [2.05, 4.69) is 15.3 Å². The highest BCUT2D eigenvalue weighted by Crippen LogP contribution is 2.03. The average molecular weight is 220 g/mol. The molecule has 1 aliphatic rings. The standard InChI is InChI=1S/C10H12N4O2/c15-9-7-14(5-1-2-13-9)10(16)8-6-11-3-4-12-8/h3-4,6H,1-2,5,7H2,(H,13,15). The van der Waals surface area contributed by atoms with Crippen molar-refractivity contribution in [1.29, 1.82) is 0 Å². The number of nitrogens with zero attached hydrogens (tertiary/aromatic N) is 3. The van der Waals surface area contributed by atoms with Crippen LogP contribution in [0.2, 0.25) is 0 Å². The molecule has 0 saturated carbocycles. The summed E-state index contributed by atoms with van der Waals surface area (Å²) in [6.45, 7) is 1.27. The van der Waals surface area contributed by atoms with Crippen molar-refractivity contribution in [3.63, 3.8) is 0 Å². The highest BCUT2D eigenvalue weighted by molar-refractivity contribution is 5.94. The van der Waals surface area contributed by atoms with Crippen molar-refractivity contribution in [3.8, 4) is 0 Å². The third-order valence-electron chi connectivity index (χ3n) is 2.33. The van der Waals surface area contributed by atoms with Gasteiger partial charge in [0.25, 0.3) is 5.91 Å². The van der Waals surface area contributed by atoms with E-state index in [-0.39, 0.29) is 24.1 Å². The summed E-state index contributed by atoms with van der Waals surface area (Å²) in [5, 5.41) is 2.71. The largest absolute Gasteiger partial charge is 0.354 e. The Bertz CT molecular complexity index is 393. The SMILES string of the molecule is O=C1CN(C(=O)c2cnccn2)CCCN1. The summed E-state index contributed by atoms with van der Waals surface area (Å²) in [5.41, 5.74) is 0.275. The van der Waals surface area contributed by atoms with E-state index >= 15 is 0 Å². The molecule has 16 heavy (non-hydrogen) atoms. The van der Waals surface area contributed by atoms with Gasteiger partial charge < -0.3 is 10.2 Å². The number of carbonyl (C=O) groups is 2. The van der Waals surface area contributed by atoms with E-state index in [1.807, 2.05) is 0 Å². The van der Waals surface area contributed by atoms with Crippen LogP contribution in [-0.4, -0.2) is 46.3 Å². The quantitative estimate of drug-likeness (QED) is 0.688. The molecule has 2 rings (SSSR count). The number of hydrogen-bond acceptors (Lipinski definition) is 4. The lowest BCUT2D eigenvalue weighted by Crippen LogP contribution is -2.37. The van der Waals surface area contributed by atoms with E-state index < -0.39 is 0 Å². The zero-order valence-corrected chi connectivity index (χ0v) is 8.72. The maximum atomic E-state index is 11.9. The first-order valence-corrected chi connectivity index (χ1v) is 5.09. The predicted molar refractivity (Wildman–Crippen MR) is 55.6 cm³/mol. The van der Waals surface area contributed by atoms with Crippen molar-refractivity contribution in [3.05, 3.63) is 24.3 Å². The highest BCUT2D eigenvalue weighted by atomic mass is 16.2. The molecule has 0 radical (unpaired) electrons. The summed E-state index contributed by atoms with van der Waals surface area (Å²) in [6.07, 6.45) is 5.14. The topological polar surface area (TPSA) is 75.2 Å². The van der Waals surface area contributed by atoms with Gasteiger partial charge in [-0.25, -0.2) is 4.98 Å². The van der Waals surface area contributed by atoms with E-state index in [0.29, 0.717) is 13.1 Å². The molecule has 0 aliphatic carbocycles. The monoisotopic (exact) mass is 220 g/mol. The summed E-state index contributed by atoms with van der Waals surface area (Å²) >= 11 is 0. The molecule has 6 nitrogen and oxygen atoms in total. The number of amides is 2. The summed E-state index contributed by atoms with van der Waals surface area (Å²) in [5.74, 6) is -0.375. The molecule has 6 heteroatoms. The van der Waals surface area contributed by atoms with Gasteiger partial charge >= 0.3 is 0 Å². The summed E-state index contributed by atoms with van der Waals surface area (Å²) in [6, 6.07) is 0. The van der Waals surface area contributed by atoms with Gasteiger partial charge in [-0.05, 0) is 6.42 Å². The minimum absolute atomic E-state index is 0.0927. The molecule has 0 unspecified atom stereocenters. The lowest BCUT2D eigenvalue weighted by Gasteiger charge is -2.17. The van der Waals surface area contributed by atoms with Crippen molar-refractivity contribution in [2.75, 3.05) is 19.6 Å². The minimum atomic E-state index is -0.245. The van der Waals surface area contributed by atoms with Crippen LogP contribution in [0.15, 0.2) is 18.6 Å². The first-order valence-electron chi connectivity index (χ1n) is 5.09. The van der Waals surface area contributed by atoms with Crippen LogP contribution in [0, 0.1) is 0 Å². The third kappa shape index (κ3) is 2.33. The first-order chi connectivity index (χ1) is 7.77. The van der Waals surface area contributed by atoms with E-state index in [4.69, 9.17) is 0 Å². The van der Waals surface area contributed by atoms with Gasteiger partial charge in [0.05, 0.1) is 12.7 Å². The second kappa shape index (κ2) is 4.69. The predicted octanol–water partition coefficient (Wildman–Crippen LogP) is -0.561.